The molecule has 2 aliphatic heterocycles. The van der Waals surface area contributed by atoms with Crippen LogP contribution in [0.15, 0.2) is 46.0 Å². The largest absolute Gasteiger partial charge is 0.483 e. The van der Waals surface area contributed by atoms with Gasteiger partial charge in [-0.2, -0.15) is 0 Å². The van der Waals surface area contributed by atoms with E-state index in [1.54, 1.807) is 0 Å². The van der Waals surface area contributed by atoms with Crippen LogP contribution in [-0.4, -0.2) is 37.6 Å². The Labute approximate surface area is 124 Å². The maximum Gasteiger partial charge on any atom is 0.284 e. The van der Waals surface area contributed by atoms with Gasteiger partial charge in [-0.3, -0.25) is 19.2 Å². The van der Waals surface area contributed by atoms with E-state index in [-0.39, 0.29) is 47.0 Å². The van der Waals surface area contributed by atoms with Gasteiger partial charge in [0.25, 0.3) is 11.8 Å². The van der Waals surface area contributed by atoms with Crippen molar-refractivity contribution in [3.05, 3.63) is 46.0 Å². The number of aldehydes is 2. The first-order valence-electron chi connectivity index (χ1n) is 6.16. The molecule has 0 aromatic carbocycles. The molecule has 2 aliphatic rings. The topological polar surface area (TPSA) is 139 Å². The van der Waals surface area contributed by atoms with Crippen LogP contribution in [-0.2, 0) is 28.7 Å². The molecule has 2 heterocycles. The Morgan fingerprint density at radius 2 is 1.23 bits per heavy atom. The van der Waals surface area contributed by atoms with Crippen LogP contribution in [0.3, 0.4) is 0 Å². The van der Waals surface area contributed by atoms with Gasteiger partial charge in [0.05, 0.1) is 11.1 Å². The summed E-state index contributed by atoms with van der Waals surface area (Å²) in [6.07, 6.45) is 3.78. The van der Waals surface area contributed by atoms with Crippen LogP contribution >= 0.6 is 0 Å². The SMILES string of the molecule is NC(=O)C1=C(C=O)C(C2=CCOC(C(N)=O)=C2C=O)=CCO1. The summed E-state index contributed by atoms with van der Waals surface area (Å²) < 4.78 is 10.1. The molecule has 8 nitrogen and oxygen atoms in total. The minimum atomic E-state index is -0.910. The second-order valence-corrected chi connectivity index (χ2v) is 4.31. The Bertz CT molecular complexity index is 636. The molecule has 0 aromatic heterocycles. The first-order valence-corrected chi connectivity index (χ1v) is 6.16. The second kappa shape index (κ2) is 6.08. The number of nitrogens with two attached hydrogens (primary N) is 2. The lowest BCUT2D eigenvalue weighted by atomic mass is 9.89. The lowest BCUT2D eigenvalue weighted by molar-refractivity contribution is -0.119. The highest BCUT2D eigenvalue weighted by Crippen LogP contribution is 2.32. The second-order valence-electron chi connectivity index (χ2n) is 4.31. The number of carbonyl (C=O) groups excluding carboxylic acids is 4. The van der Waals surface area contributed by atoms with E-state index in [9.17, 15) is 19.2 Å². The smallest absolute Gasteiger partial charge is 0.284 e. The summed E-state index contributed by atoms with van der Waals surface area (Å²) in [5, 5.41) is 0. The maximum absolute atomic E-state index is 11.3. The van der Waals surface area contributed by atoms with Gasteiger partial charge in [-0.1, -0.05) is 0 Å². The normalized spacial score (nSPS) is 17.8. The first kappa shape index (κ1) is 15.2. The van der Waals surface area contributed by atoms with Crippen LogP contribution in [0.1, 0.15) is 0 Å². The van der Waals surface area contributed by atoms with Gasteiger partial charge in [0.2, 0.25) is 0 Å². The zero-order chi connectivity index (χ0) is 16.3. The average molecular weight is 304 g/mol. The number of rotatable bonds is 5. The first-order chi connectivity index (χ1) is 10.5. The van der Waals surface area contributed by atoms with Crippen molar-refractivity contribution in [3.8, 4) is 0 Å². The molecule has 22 heavy (non-hydrogen) atoms. The van der Waals surface area contributed by atoms with Crippen molar-refractivity contribution in [1.82, 2.24) is 0 Å². The molecule has 0 bridgehead atoms. The van der Waals surface area contributed by atoms with Gasteiger partial charge in [0.1, 0.15) is 13.2 Å². The van der Waals surface area contributed by atoms with E-state index in [2.05, 4.69) is 0 Å². The van der Waals surface area contributed by atoms with E-state index in [1.807, 2.05) is 0 Å². The molecule has 2 amide bonds. The van der Waals surface area contributed by atoms with E-state index in [0.29, 0.717) is 12.6 Å². The van der Waals surface area contributed by atoms with Crippen molar-refractivity contribution in [2.24, 2.45) is 11.5 Å². The molecule has 0 saturated heterocycles. The van der Waals surface area contributed by atoms with E-state index in [1.165, 1.54) is 12.2 Å². The molecule has 0 unspecified atom stereocenters. The van der Waals surface area contributed by atoms with Gasteiger partial charge < -0.3 is 20.9 Å². The molecule has 4 N–H and O–H groups in total. The van der Waals surface area contributed by atoms with Crippen molar-refractivity contribution in [2.45, 2.75) is 0 Å². The monoisotopic (exact) mass is 304 g/mol. The lowest BCUT2D eigenvalue weighted by Crippen LogP contribution is -2.25. The van der Waals surface area contributed by atoms with Gasteiger partial charge in [0, 0.05) is 0 Å². The molecule has 0 saturated carbocycles. The zero-order valence-corrected chi connectivity index (χ0v) is 11.3. The minimum absolute atomic E-state index is 0.0127. The number of carbonyl (C=O) groups is 4. The summed E-state index contributed by atoms with van der Waals surface area (Å²) in [7, 11) is 0. The molecule has 2 rings (SSSR count). The molecular weight excluding hydrogens is 292 g/mol. The lowest BCUT2D eigenvalue weighted by Gasteiger charge is -2.23. The molecule has 114 valence electrons. The van der Waals surface area contributed by atoms with Crippen LogP contribution in [0.4, 0.5) is 0 Å². The molecule has 0 aliphatic carbocycles. The van der Waals surface area contributed by atoms with Crippen molar-refractivity contribution >= 4 is 24.4 Å². The number of amides is 2. The van der Waals surface area contributed by atoms with Gasteiger partial charge in [-0.15, -0.1) is 0 Å². The molecule has 0 atom stereocenters. The van der Waals surface area contributed by atoms with E-state index in [4.69, 9.17) is 20.9 Å². The zero-order valence-electron chi connectivity index (χ0n) is 11.3. The van der Waals surface area contributed by atoms with E-state index >= 15 is 0 Å². The summed E-state index contributed by atoms with van der Waals surface area (Å²) in [5.41, 5.74) is 10.6. The molecular formula is C14H12N2O6. The van der Waals surface area contributed by atoms with E-state index in [0.717, 1.165) is 0 Å². The van der Waals surface area contributed by atoms with E-state index < -0.39 is 11.8 Å². The van der Waals surface area contributed by atoms with Crippen LogP contribution in [0, 0.1) is 0 Å². The van der Waals surface area contributed by atoms with Crippen LogP contribution in [0.25, 0.3) is 0 Å². The summed E-state index contributed by atoms with van der Waals surface area (Å²) in [4.78, 5) is 45.3. The van der Waals surface area contributed by atoms with Crippen molar-refractivity contribution in [1.29, 1.82) is 0 Å². The quantitative estimate of drug-likeness (QED) is 0.610. The molecule has 8 heteroatoms. The van der Waals surface area contributed by atoms with Crippen LogP contribution < -0.4 is 11.5 Å². The Hall–Kier alpha value is -3.16. The molecule has 0 aromatic rings. The Balaban J connectivity index is 2.59. The van der Waals surface area contributed by atoms with Crippen LogP contribution in [0.5, 0.6) is 0 Å². The standard InChI is InChI=1S/C14H12N2O6/c15-13(19)11-9(5-17)7(1-3-21-11)8-2-4-22-12(14(16)20)10(8)6-18/h1-2,5-6H,3-4H2,(H2,15,19)(H2,16,20). The minimum Gasteiger partial charge on any atom is -0.483 e. The fraction of sp³-hybridized carbons (Fsp3) is 0.143. The number of hydrogen-bond acceptors (Lipinski definition) is 6. The highest BCUT2D eigenvalue weighted by atomic mass is 16.5. The van der Waals surface area contributed by atoms with Crippen molar-refractivity contribution in [2.75, 3.05) is 13.2 Å². The number of allylic oxidation sites excluding steroid dienone is 4. The fourth-order valence-electron chi connectivity index (χ4n) is 2.19. The fourth-order valence-corrected chi connectivity index (χ4v) is 2.19. The summed E-state index contributed by atoms with van der Waals surface area (Å²) in [5.74, 6) is -2.42. The number of ether oxygens (including phenoxy) is 2. The summed E-state index contributed by atoms with van der Waals surface area (Å²) in [6, 6.07) is 0. The molecule has 0 spiro atoms. The third-order valence-electron chi connectivity index (χ3n) is 3.07. The van der Waals surface area contributed by atoms with Gasteiger partial charge >= 0.3 is 0 Å². The average Bonchev–Trinajstić information content (AvgIpc) is 2.52. The summed E-state index contributed by atoms with van der Waals surface area (Å²) in [6.45, 7) is -0.0254. The molecule has 0 fully saturated rings. The predicted molar refractivity (Wildman–Crippen MR) is 72.6 cm³/mol. The van der Waals surface area contributed by atoms with Crippen molar-refractivity contribution in [3.63, 3.8) is 0 Å². The van der Waals surface area contributed by atoms with Gasteiger partial charge in [-0.05, 0) is 23.3 Å². The predicted octanol–water partition coefficient (Wildman–Crippen LogP) is -1.22. The highest BCUT2D eigenvalue weighted by molar-refractivity contribution is 6.03. The van der Waals surface area contributed by atoms with Crippen molar-refractivity contribution < 1.29 is 28.7 Å². The van der Waals surface area contributed by atoms with Gasteiger partial charge in [-0.25, -0.2) is 0 Å². The number of primary amides is 2. The van der Waals surface area contributed by atoms with Gasteiger partial charge in [0.15, 0.2) is 24.1 Å². The summed E-state index contributed by atoms with van der Waals surface area (Å²) >= 11 is 0. The molecule has 0 radical (unpaired) electrons. The maximum atomic E-state index is 11.3. The Morgan fingerprint density at radius 3 is 1.50 bits per heavy atom. The third-order valence-corrected chi connectivity index (χ3v) is 3.07. The Kier molecular flexibility index (Phi) is 4.21. The highest BCUT2D eigenvalue weighted by Gasteiger charge is 2.29. The Morgan fingerprint density at radius 1 is 0.864 bits per heavy atom. The number of hydrogen-bond donors (Lipinski definition) is 2. The third kappa shape index (κ3) is 2.53. The van der Waals surface area contributed by atoms with Crippen LogP contribution in [0.2, 0.25) is 0 Å².